The van der Waals surface area contributed by atoms with Gasteiger partial charge in [-0.2, -0.15) is 0 Å². The number of rotatable bonds is 6. The van der Waals surface area contributed by atoms with Gasteiger partial charge in [-0.25, -0.2) is 0 Å². The summed E-state index contributed by atoms with van der Waals surface area (Å²) in [5, 5.41) is 0. The summed E-state index contributed by atoms with van der Waals surface area (Å²) in [5.74, 6) is 0. The van der Waals surface area contributed by atoms with Gasteiger partial charge in [-0.1, -0.05) is 60.5 Å². The third kappa shape index (κ3) is 6.02. The van der Waals surface area contributed by atoms with Gasteiger partial charge in [0.05, 0.1) is 0 Å². The van der Waals surface area contributed by atoms with Crippen molar-refractivity contribution >= 4 is 8.58 Å². The van der Waals surface area contributed by atoms with Crippen LogP contribution in [0, 0.1) is 0 Å². The maximum absolute atomic E-state index is 2.29. The molecule has 0 spiro atoms. The zero-order valence-corrected chi connectivity index (χ0v) is 10.7. The topological polar surface area (TPSA) is 0 Å². The average molecular weight is 213 g/mol. The Labute approximate surface area is 92.0 Å². The first kappa shape index (κ1) is 12.5. The molecule has 1 heteroatoms. The summed E-state index contributed by atoms with van der Waals surface area (Å²) in [6.45, 7) is 2.29. The van der Waals surface area contributed by atoms with E-state index in [2.05, 4.69) is 6.92 Å². The van der Waals surface area contributed by atoms with Crippen LogP contribution in [0.5, 0.6) is 0 Å². The smallest absolute Gasteiger partial charge is 0.0170 e. The van der Waals surface area contributed by atoms with Crippen LogP contribution in [0.15, 0.2) is 0 Å². The third-order valence-corrected chi connectivity index (χ3v) is 4.83. The Morgan fingerprint density at radius 2 is 1.64 bits per heavy atom. The highest BCUT2D eigenvalue weighted by Crippen LogP contribution is 2.32. The summed E-state index contributed by atoms with van der Waals surface area (Å²) in [6, 6.07) is 0. The van der Waals surface area contributed by atoms with E-state index in [1.165, 1.54) is 70.4 Å². The Morgan fingerprint density at radius 1 is 0.929 bits per heavy atom. The van der Waals surface area contributed by atoms with Crippen molar-refractivity contribution in [2.75, 3.05) is 6.16 Å². The number of hydrogen-bond acceptors (Lipinski definition) is 0. The second-order valence-electron chi connectivity index (χ2n) is 4.61. The molecule has 0 aromatic carbocycles. The Morgan fingerprint density at radius 3 is 2.29 bits per heavy atom. The SMILES string of the molecule is CCCCCC[P]C1CCCCCC1. The van der Waals surface area contributed by atoms with E-state index >= 15 is 0 Å². The first-order chi connectivity index (χ1) is 6.93. The van der Waals surface area contributed by atoms with Crippen molar-refractivity contribution in [2.45, 2.75) is 76.8 Å². The molecule has 0 amide bonds. The summed E-state index contributed by atoms with van der Waals surface area (Å²) in [7, 11) is 1.77. The Balaban J connectivity index is 1.93. The molecule has 0 aliphatic heterocycles. The fraction of sp³-hybridized carbons (Fsp3) is 1.00. The van der Waals surface area contributed by atoms with Crippen molar-refractivity contribution in [1.82, 2.24) is 0 Å². The molecule has 1 saturated carbocycles. The van der Waals surface area contributed by atoms with Crippen LogP contribution in [0.2, 0.25) is 0 Å². The molecule has 0 aromatic rings. The van der Waals surface area contributed by atoms with E-state index in [0.717, 1.165) is 5.66 Å². The molecule has 0 atom stereocenters. The van der Waals surface area contributed by atoms with Gasteiger partial charge >= 0.3 is 0 Å². The standard InChI is InChI=1S/C13H26P/c1-2-3-4-9-12-14-13-10-7-5-6-8-11-13/h13H,2-12H2,1H3. The number of unbranched alkanes of at least 4 members (excludes halogenated alkanes) is 3. The summed E-state index contributed by atoms with van der Waals surface area (Å²) < 4.78 is 0. The Hall–Kier alpha value is 0.430. The molecule has 1 radical (unpaired) electrons. The Bertz CT molecular complexity index is 114. The molecule has 0 aromatic heterocycles. The summed E-state index contributed by atoms with van der Waals surface area (Å²) in [5.41, 5.74) is 1.07. The average Bonchev–Trinajstić information content (AvgIpc) is 2.46. The van der Waals surface area contributed by atoms with Crippen LogP contribution in [0.3, 0.4) is 0 Å². The lowest BCUT2D eigenvalue weighted by Crippen LogP contribution is -1.99. The van der Waals surface area contributed by atoms with E-state index in [4.69, 9.17) is 0 Å². The molecular weight excluding hydrogens is 187 g/mol. The van der Waals surface area contributed by atoms with Crippen LogP contribution in [-0.2, 0) is 0 Å². The van der Waals surface area contributed by atoms with Crippen molar-refractivity contribution in [2.24, 2.45) is 0 Å². The van der Waals surface area contributed by atoms with Crippen LogP contribution in [0.25, 0.3) is 0 Å². The van der Waals surface area contributed by atoms with Crippen molar-refractivity contribution in [3.05, 3.63) is 0 Å². The largest absolute Gasteiger partial charge is 0.0775 e. The van der Waals surface area contributed by atoms with Crippen LogP contribution in [0.4, 0.5) is 0 Å². The lowest BCUT2D eigenvalue weighted by atomic mass is 10.2. The van der Waals surface area contributed by atoms with E-state index in [1.807, 2.05) is 0 Å². The minimum absolute atomic E-state index is 1.07. The first-order valence-electron chi connectivity index (χ1n) is 6.60. The van der Waals surface area contributed by atoms with Gasteiger partial charge in [0.2, 0.25) is 0 Å². The molecule has 1 aliphatic rings. The molecular formula is C13H26P. The van der Waals surface area contributed by atoms with Gasteiger partial charge in [0.1, 0.15) is 0 Å². The van der Waals surface area contributed by atoms with Crippen molar-refractivity contribution < 1.29 is 0 Å². The zero-order valence-electron chi connectivity index (χ0n) is 9.80. The van der Waals surface area contributed by atoms with Crippen LogP contribution in [-0.4, -0.2) is 11.8 Å². The molecule has 1 aliphatic carbocycles. The summed E-state index contributed by atoms with van der Waals surface area (Å²) in [4.78, 5) is 0. The normalized spacial score (nSPS) is 20.4. The summed E-state index contributed by atoms with van der Waals surface area (Å²) in [6.07, 6.45) is 16.3. The number of hydrogen-bond donors (Lipinski definition) is 0. The van der Waals surface area contributed by atoms with Gasteiger partial charge in [0.25, 0.3) is 0 Å². The van der Waals surface area contributed by atoms with Gasteiger partial charge in [-0.05, 0) is 31.1 Å². The highest BCUT2D eigenvalue weighted by atomic mass is 31.1. The summed E-state index contributed by atoms with van der Waals surface area (Å²) >= 11 is 0. The van der Waals surface area contributed by atoms with Crippen molar-refractivity contribution in [3.8, 4) is 0 Å². The maximum Gasteiger partial charge on any atom is -0.0170 e. The Kier molecular flexibility index (Phi) is 7.78. The molecule has 14 heavy (non-hydrogen) atoms. The molecule has 0 saturated heterocycles. The molecule has 83 valence electrons. The van der Waals surface area contributed by atoms with Gasteiger partial charge < -0.3 is 0 Å². The second kappa shape index (κ2) is 8.72. The van der Waals surface area contributed by atoms with Crippen LogP contribution in [0.1, 0.15) is 71.1 Å². The van der Waals surface area contributed by atoms with E-state index < -0.39 is 0 Å². The zero-order chi connectivity index (χ0) is 10.1. The predicted octanol–water partition coefficient (Wildman–Crippen LogP) is 5.24. The fourth-order valence-corrected chi connectivity index (χ4v) is 3.75. The molecule has 0 unspecified atom stereocenters. The van der Waals surface area contributed by atoms with Gasteiger partial charge in [-0.15, -0.1) is 0 Å². The third-order valence-electron chi connectivity index (χ3n) is 3.22. The van der Waals surface area contributed by atoms with E-state index in [9.17, 15) is 0 Å². The highest BCUT2D eigenvalue weighted by molar-refractivity contribution is 7.38. The highest BCUT2D eigenvalue weighted by Gasteiger charge is 2.11. The van der Waals surface area contributed by atoms with Gasteiger partial charge in [-0.3, -0.25) is 0 Å². The van der Waals surface area contributed by atoms with Crippen LogP contribution < -0.4 is 0 Å². The maximum atomic E-state index is 2.29. The van der Waals surface area contributed by atoms with Gasteiger partial charge in [0.15, 0.2) is 0 Å². The van der Waals surface area contributed by atoms with E-state index in [0.29, 0.717) is 0 Å². The van der Waals surface area contributed by atoms with Crippen molar-refractivity contribution in [3.63, 3.8) is 0 Å². The monoisotopic (exact) mass is 213 g/mol. The minimum Gasteiger partial charge on any atom is -0.0775 e. The predicted molar refractivity (Wildman–Crippen MR) is 67.4 cm³/mol. The van der Waals surface area contributed by atoms with E-state index in [-0.39, 0.29) is 0 Å². The first-order valence-corrected chi connectivity index (χ1v) is 7.75. The molecule has 0 nitrogen and oxygen atoms in total. The minimum atomic E-state index is 1.07. The fourth-order valence-electron chi connectivity index (χ4n) is 2.25. The quantitative estimate of drug-likeness (QED) is 0.322. The van der Waals surface area contributed by atoms with Crippen molar-refractivity contribution in [1.29, 1.82) is 0 Å². The van der Waals surface area contributed by atoms with Crippen LogP contribution >= 0.6 is 8.58 Å². The molecule has 1 rings (SSSR count). The molecule has 0 bridgehead atoms. The lowest BCUT2D eigenvalue weighted by molar-refractivity contribution is 0.692. The second-order valence-corrected chi connectivity index (χ2v) is 6.15. The lowest BCUT2D eigenvalue weighted by Gasteiger charge is -2.12. The molecule has 0 N–H and O–H groups in total. The van der Waals surface area contributed by atoms with Gasteiger partial charge in [0, 0.05) is 0 Å². The van der Waals surface area contributed by atoms with E-state index in [1.54, 1.807) is 8.58 Å². The molecule has 1 fully saturated rings. The molecule has 0 heterocycles.